The summed E-state index contributed by atoms with van der Waals surface area (Å²) in [6.45, 7) is -0.140. The van der Waals surface area contributed by atoms with E-state index in [0.29, 0.717) is 21.3 Å². The van der Waals surface area contributed by atoms with Crippen LogP contribution in [-0.4, -0.2) is 24.9 Å². The maximum atomic E-state index is 13.4. The zero-order valence-electron chi connectivity index (χ0n) is 12.7. The summed E-state index contributed by atoms with van der Waals surface area (Å²) in [7, 11) is 1.40. The van der Waals surface area contributed by atoms with Crippen LogP contribution in [0.3, 0.4) is 0 Å². The van der Waals surface area contributed by atoms with Gasteiger partial charge >= 0.3 is 6.03 Å². The summed E-state index contributed by atoms with van der Waals surface area (Å²) in [6.07, 6.45) is 0.249. The number of anilines is 2. The molecule has 0 aliphatic rings. The highest BCUT2D eigenvalue weighted by Crippen LogP contribution is 2.30. The Morgan fingerprint density at radius 3 is 2.62 bits per heavy atom. The molecule has 0 spiro atoms. The van der Waals surface area contributed by atoms with Crippen LogP contribution < -0.4 is 15.4 Å². The summed E-state index contributed by atoms with van der Waals surface area (Å²) >= 11 is 12.0. The highest BCUT2D eigenvalue weighted by Gasteiger charge is 2.12. The van der Waals surface area contributed by atoms with Crippen molar-refractivity contribution in [1.82, 2.24) is 0 Å². The van der Waals surface area contributed by atoms with E-state index < -0.39 is 11.8 Å². The molecule has 0 saturated carbocycles. The van der Waals surface area contributed by atoms with Crippen molar-refractivity contribution in [1.29, 1.82) is 0 Å². The van der Waals surface area contributed by atoms with Gasteiger partial charge in [-0.3, -0.25) is 0 Å². The molecule has 0 heterocycles. The van der Waals surface area contributed by atoms with E-state index in [2.05, 4.69) is 10.6 Å². The number of hydrogen-bond donors (Lipinski definition) is 3. The first-order valence-electron chi connectivity index (χ1n) is 6.94. The van der Waals surface area contributed by atoms with Gasteiger partial charge in [0.05, 0.1) is 7.11 Å². The molecule has 2 amide bonds. The zero-order valence-corrected chi connectivity index (χ0v) is 14.2. The second-order valence-corrected chi connectivity index (χ2v) is 5.69. The Hall–Kier alpha value is -2.02. The number of carbonyl (C=O) groups is 1. The number of halogens is 3. The molecule has 2 rings (SSSR count). The number of methoxy groups -OCH3 is 1. The van der Waals surface area contributed by atoms with E-state index >= 15 is 0 Å². The highest BCUT2D eigenvalue weighted by atomic mass is 35.5. The quantitative estimate of drug-likeness (QED) is 0.731. The van der Waals surface area contributed by atoms with E-state index in [9.17, 15) is 9.18 Å². The Kier molecular flexibility index (Phi) is 6.25. The van der Waals surface area contributed by atoms with Crippen molar-refractivity contribution in [2.75, 3.05) is 24.4 Å². The smallest absolute Gasteiger partial charge is 0.323 e. The van der Waals surface area contributed by atoms with Gasteiger partial charge in [0.1, 0.15) is 11.6 Å². The zero-order chi connectivity index (χ0) is 17.7. The van der Waals surface area contributed by atoms with Gasteiger partial charge in [0.25, 0.3) is 0 Å². The van der Waals surface area contributed by atoms with Crippen LogP contribution in [0.2, 0.25) is 10.0 Å². The van der Waals surface area contributed by atoms with Crippen LogP contribution in [0, 0.1) is 5.82 Å². The van der Waals surface area contributed by atoms with Gasteiger partial charge in [-0.1, -0.05) is 23.2 Å². The molecular weight excluding hydrogens is 358 g/mol. The summed E-state index contributed by atoms with van der Waals surface area (Å²) < 4.78 is 18.4. The number of carbonyl (C=O) groups excluding carboxylic acids is 1. The maximum absolute atomic E-state index is 13.4. The Morgan fingerprint density at radius 2 is 1.96 bits per heavy atom. The van der Waals surface area contributed by atoms with Gasteiger partial charge in [-0.05, 0) is 30.2 Å². The number of benzene rings is 2. The summed E-state index contributed by atoms with van der Waals surface area (Å²) in [5.74, 6) is -0.270. The normalized spacial score (nSPS) is 10.4. The second kappa shape index (κ2) is 8.19. The van der Waals surface area contributed by atoms with Crippen molar-refractivity contribution in [3.05, 3.63) is 51.8 Å². The molecule has 5 nitrogen and oxygen atoms in total. The van der Waals surface area contributed by atoms with Crippen LogP contribution in [0.1, 0.15) is 5.56 Å². The van der Waals surface area contributed by atoms with E-state index in [0.717, 1.165) is 6.07 Å². The van der Waals surface area contributed by atoms with E-state index in [1.807, 2.05) is 0 Å². The monoisotopic (exact) mass is 372 g/mol. The first kappa shape index (κ1) is 18.3. The highest BCUT2D eigenvalue weighted by molar-refractivity contribution is 6.35. The van der Waals surface area contributed by atoms with Crippen LogP contribution in [0.25, 0.3) is 0 Å². The minimum Gasteiger partial charge on any atom is -0.497 e. The third-order valence-electron chi connectivity index (χ3n) is 3.14. The summed E-state index contributed by atoms with van der Waals surface area (Å²) in [4.78, 5) is 12.1. The third kappa shape index (κ3) is 4.74. The van der Waals surface area contributed by atoms with Gasteiger partial charge in [0, 0.05) is 40.2 Å². The van der Waals surface area contributed by atoms with Crippen LogP contribution in [0.4, 0.5) is 20.6 Å². The van der Waals surface area contributed by atoms with Crippen LogP contribution in [0.15, 0.2) is 30.3 Å². The number of aliphatic hydroxyl groups is 1. The van der Waals surface area contributed by atoms with E-state index in [1.165, 1.54) is 31.4 Å². The average Bonchev–Trinajstić information content (AvgIpc) is 2.49. The SMILES string of the molecule is COc1cc(F)cc(NC(=O)Nc2cc(Cl)cc(Cl)c2CCO)c1. The van der Waals surface area contributed by atoms with Crippen molar-refractivity contribution < 1.29 is 19.0 Å². The molecular formula is C16H15Cl2FN2O3. The topological polar surface area (TPSA) is 70.6 Å². The predicted octanol–water partition coefficient (Wildman–Crippen LogP) is 4.32. The van der Waals surface area contributed by atoms with Gasteiger partial charge < -0.3 is 20.5 Å². The van der Waals surface area contributed by atoms with E-state index in [4.69, 9.17) is 33.0 Å². The van der Waals surface area contributed by atoms with E-state index in [1.54, 1.807) is 0 Å². The van der Waals surface area contributed by atoms with Crippen LogP contribution in [-0.2, 0) is 6.42 Å². The molecule has 0 fully saturated rings. The predicted molar refractivity (Wildman–Crippen MR) is 92.8 cm³/mol. The molecule has 8 heteroatoms. The Bertz CT molecular complexity index is 756. The Labute approximate surface area is 148 Å². The maximum Gasteiger partial charge on any atom is 0.323 e. The number of nitrogens with one attached hydrogen (secondary N) is 2. The third-order valence-corrected chi connectivity index (χ3v) is 3.69. The molecule has 0 radical (unpaired) electrons. The molecule has 0 saturated heterocycles. The minimum absolute atomic E-state index is 0.140. The molecule has 3 N–H and O–H groups in total. The number of hydrogen-bond acceptors (Lipinski definition) is 3. The molecule has 0 unspecified atom stereocenters. The lowest BCUT2D eigenvalue weighted by molar-refractivity contribution is 0.262. The van der Waals surface area contributed by atoms with Gasteiger partial charge in [-0.2, -0.15) is 0 Å². The number of urea groups is 1. The van der Waals surface area contributed by atoms with Crippen molar-refractivity contribution in [3.63, 3.8) is 0 Å². The lowest BCUT2D eigenvalue weighted by Crippen LogP contribution is -2.20. The fourth-order valence-corrected chi connectivity index (χ4v) is 2.71. The van der Waals surface area contributed by atoms with Crippen molar-refractivity contribution in [2.45, 2.75) is 6.42 Å². The molecule has 0 atom stereocenters. The fraction of sp³-hybridized carbons (Fsp3) is 0.188. The molecule has 2 aromatic rings. The first-order chi connectivity index (χ1) is 11.4. The van der Waals surface area contributed by atoms with Gasteiger partial charge in [-0.25, -0.2) is 9.18 Å². The molecule has 0 aliphatic carbocycles. The van der Waals surface area contributed by atoms with E-state index in [-0.39, 0.29) is 24.5 Å². The Balaban J connectivity index is 2.19. The Morgan fingerprint density at radius 1 is 1.21 bits per heavy atom. The van der Waals surface area contributed by atoms with Crippen molar-refractivity contribution in [2.24, 2.45) is 0 Å². The first-order valence-corrected chi connectivity index (χ1v) is 7.70. The summed E-state index contributed by atoms with van der Waals surface area (Å²) in [5.41, 5.74) is 1.14. The second-order valence-electron chi connectivity index (χ2n) is 4.85. The largest absolute Gasteiger partial charge is 0.497 e. The number of amides is 2. The average molecular weight is 373 g/mol. The van der Waals surface area contributed by atoms with Gasteiger partial charge in [-0.15, -0.1) is 0 Å². The summed E-state index contributed by atoms with van der Waals surface area (Å²) in [5, 5.41) is 14.9. The van der Waals surface area contributed by atoms with Gasteiger partial charge in [0.15, 0.2) is 0 Å². The van der Waals surface area contributed by atoms with Crippen LogP contribution >= 0.6 is 23.2 Å². The molecule has 0 aromatic heterocycles. The molecule has 0 aliphatic heterocycles. The minimum atomic E-state index is -0.611. The summed E-state index contributed by atoms with van der Waals surface area (Å²) in [6, 6.07) is 6.25. The molecule has 2 aromatic carbocycles. The van der Waals surface area contributed by atoms with Crippen molar-refractivity contribution >= 4 is 40.6 Å². The fourth-order valence-electron chi connectivity index (χ4n) is 2.12. The standard InChI is InChI=1S/C16H15Cl2FN2O3/c1-24-12-7-10(19)6-11(8-12)20-16(23)21-15-5-9(17)4-14(18)13(15)2-3-22/h4-8,22H,2-3H2,1H3,(H2,20,21,23). The molecule has 0 bridgehead atoms. The lowest BCUT2D eigenvalue weighted by atomic mass is 10.1. The number of ether oxygens (including phenoxy) is 1. The number of rotatable bonds is 5. The lowest BCUT2D eigenvalue weighted by Gasteiger charge is -2.14. The molecule has 128 valence electrons. The number of aliphatic hydroxyl groups excluding tert-OH is 1. The van der Waals surface area contributed by atoms with Gasteiger partial charge in [0.2, 0.25) is 0 Å². The van der Waals surface area contributed by atoms with Crippen molar-refractivity contribution in [3.8, 4) is 5.75 Å². The van der Waals surface area contributed by atoms with Crippen LogP contribution in [0.5, 0.6) is 5.75 Å². The molecule has 24 heavy (non-hydrogen) atoms.